The Bertz CT molecular complexity index is 1130. The van der Waals surface area contributed by atoms with Crippen molar-refractivity contribution >= 4 is 22.9 Å². The summed E-state index contributed by atoms with van der Waals surface area (Å²) in [5, 5.41) is 13.1. The predicted molar refractivity (Wildman–Crippen MR) is 114 cm³/mol. The molecule has 0 saturated heterocycles. The van der Waals surface area contributed by atoms with Crippen molar-refractivity contribution in [2.45, 2.75) is 25.2 Å². The van der Waals surface area contributed by atoms with E-state index < -0.39 is 0 Å². The average Bonchev–Trinajstić information content (AvgIpc) is 3.29. The molecule has 29 heavy (non-hydrogen) atoms. The van der Waals surface area contributed by atoms with Gasteiger partial charge < -0.3 is 5.32 Å². The van der Waals surface area contributed by atoms with Gasteiger partial charge in [0.1, 0.15) is 10.8 Å². The van der Waals surface area contributed by atoms with Crippen LogP contribution in [0, 0.1) is 0 Å². The number of hydrogen-bond acceptors (Lipinski definition) is 5. The van der Waals surface area contributed by atoms with Gasteiger partial charge in [-0.25, -0.2) is 9.97 Å². The van der Waals surface area contributed by atoms with Crippen molar-refractivity contribution in [2.24, 2.45) is 0 Å². The smallest absolute Gasteiger partial charge is 0.230 e. The van der Waals surface area contributed by atoms with Crippen LogP contribution in [0.4, 0.5) is 5.69 Å². The number of thiazole rings is 1. The molecule has 1 fully saturated rings. The quantitative estimate of drug-likeness (QED) is 0.492. The van der Waals surface area contributed by atoms with E-state index in [4.69, 9.17) is 0 Å². The normalized spacial score (nSPS) is 13.4. The summed E-state index contributed by atoms with van der Waals surface area (Å²) < 4.78 is 0. The number of anilines is 1. The fraction of sp³-hybridized carbons (Fsp3) is 0.182. The molecule has 1 aliphatic carbocycles. The molecule has 0 aliphatic heterocycles. The van der Waals surface area contributed by atoms with E-state index in [0.29, 0.717) is 11.7 Å². The lowest BCUT2D eigenvalue weighted by atomic mass is 10.2. The second-order valence-electron chi connectivity index (χ2n) is 7.13. The van der Waals surface area contributed by atoms with E-state index >= 15 is 0 Å². The minimum Gasteiger partial charge on any atom is -0.326 e. The van der Waals surface area contributed by atoms with Gasteiger partial charge >= 0.3 is 0 Å². The Balaban J connectivity index is 1.21. The first-order valence-corrected chi connectivity index (χ1v) is 10.4. The van der Waals surface area contributed by atoms with Crippen LogP contribution in [0.1, 0.15) is 30.3 Å². The number of nitrogens with one attached hydrogen (secondary N) is 2. The molecule has 2 aromatic heterocycles. The van der Waals surface area contributed by atoms with Crippen molar-refractivity contribution in [3.05, 3.63) is 71.5 Å². The predicted octanol–water partition coefficient (Wildman–Crippen LogP) is 4.65. The number of H-pyrrole nitrogens is 1. The van der Waals surface area contributed by atoms with E-state index in [0.717, 1.165) is 33.3 Å². The largest absolute Gasteiger partial charge is 0.326 e. The van der Waals surface area contributed by atoms with Crippen LogP contribution in [-0.2, 0) is 11.2 Å². The zero-order chi connectivity index (χ0) is 19.6. The molecule has 7 heteroatoms. The third-order valence-corrected chi connectivity index (χ3v) is 5.75. The summed E-state index contributed by atoms with van der Waals surface area (Å²) in [4.78, 5) is 21.5. The number of benzene rings is 2. The monoisotopic (exact) mass is 401 g/mol. The number of carbonyl (C=O) groups excluding carboxylic acids is 1. The van der Waals surface area contributed by atoms with E-state index in [-0.39, 0.29) is 12.3 Å². The van der Waals surface area contributed by atoms with Gasteiger partial charge in [-0.15, -0.1) is 11.3 Å². The highest BCUT2D eigenvalue weighted by Crippen LogP contribution is 2.38. The number of amides is 1. The molecular formula is C22H19N5OS. The molecule has 0 spiro atoms. The third kappa shape index (κ3) is 4.09. The highest BCUT2D eigenvalue weighted by Gasteiger charge is 2.27. The van der Waals surface area contributed by atoms with Crippen LogP contribution in [0.3, 0.4) is 0 Å². The van der Waals surface area contributed by atoms with Crippen molar-refractivity contribution < 1.29 is 4.79 Å². The molecule has 0 atom stereocenters. The zero-order valence-corrected chi connectivity index (χ0v) is 16.4. The molecule has 2 aromatic carbocycles. The topological polar surface area (TPSA) is 83.6 Å². The Hall–Kier alpha value is -3.32. The van der Waals surface area contributed by atoms with Crippen molar-refractivity contribution in [2.75, 3.05) is 5.32 Å². The lowest BCUT2D eigenvalue weighted by Gasteiger charge is -2.04. The maximum Gasteiger partial charge on any atom is 0.230 e. The molecule has 1 amide bonds. The number of rotatable bonds is 6. The van der Waals surface area contributed by atoms with Crippen LogP contribution in [-0.4, -0.2) is 26.1 Å². The number of nitrogens with zero attached hydrogens (tertiary/aromatic N) is 3. The number of aromatic amines is 1. The molecule has 2 heterocycles. The second kappa shape index (κ2) is 7.60. The number of carbonyl (C=O) groups is 1. The van der Waals surface area contributed by atoms with Gasteiger partial charge in [0, 0.05) is 28.1 Å². The van der Waals surface area contributed by atoms with Crippen LogP contribution in [0.15, 0.2) is 60.0 Å². The summed E-state index contributed by atoms with van der Waals surface area (Å²) in [5.41, 5.74) is 3.52. The molecule has 4 aromatic rings. The molecule has 2 N–H and O–H groups in total. The van der Waals surface area contributed by atoms with E-state index in [9.17, 15) is 4.79 Å². The Labute approximate surface area is 172 Å². The van der Waals surface area contributed by atoms with Crippen LogP contribution >= 0.6 is 11.3 Å². The second-order valence-corrected chi connectivity index (χ2v) is 7.99. The maximum absolute atomic E-state index is 12.4. The Morgan fingerprint density at radius 1 is 1.03 bits per heavy atom. The van der Waals surface area contributed by atoms with Crippen molar-refractivity contribution in [1.82, 2.24) is 20.2 Å². The lowest BCUT2D eigenvalue weighted by molar-refractivity contribution is -0.115. The summed E-state index contributed by atoms with van der Waals surface area (Å²) in [6, 6.07) is 17.6. The van der Waals surface area contributed by atoms with E-state index in [2.05, 4.69) is 25.5 Å². The van der Waals surface area contributed by atoms with Gasteiger partial charge in [0.2, 0.25) is 5.91 Å². The molecular weight excluding hydrogens is 382 g/mol. The third-order valence-electron chi connectivity index (χ3n) is 4.81. The molecule has 0 radical (unpaired) electrons. The Morgan fingerprint density at radius 3 is 2.59 bits per heavy atom. The van der Waals surface area contributed by atoms with Gasteiger partial charge in [-0.05, 0) is 37.1 Å². The molecule has 144 valence electrons. The fourth-order valence-corrected chi connectivity index (χ4v) is 3.94. The first-order valence-electron chi connectivity index (χ1n) is 9.57. The first-order chi connectivity index (χ1) is 14.2. The fourth-order valence-electron chi connectivity index (χ4n) is 3.12. The van der Waals surface area contributed by atoms with Gasteiger partial charge in [0.05, 0.1) is 12.1 Å². The summed E-state index contributed by atoms with van der Waals surface area (Å²) in [5.74, 6) is 2.12. The summed E-state index contributed by atoms with van der Waals surface area (Å²) >= 11 is 1.55. The maximum atomic E-state index is 12.4. The molecule has 6 nitrogen and oxygen atoms in total. The zero-order valence-electron chi connectivity index (χ0n) is 15.6. The van der Waals surface area contributed by atoms with Crippen molar-refractivity contribution in [1.29, 1.82) is 0 Å². The van der Waals surface area contributed by atoms with Crippen LogP contribution < -0.4 is 5.32 Å². The standard InChI is InChI=1S/C22H19N5OS/c28-19(12-18-13-29-22(24-18)16-4-2-1-3-5-16)23-17-10-8-15(9-11-17)21-25-20(26-27-21)14-6-7-14/h1-5,8-11,13-14H,6-7,12H2,(H,23,28)(H,25,26,27). The van der Waals surface area contributed by atoms with Crippen molar-refractivity contribution in [3.8, 4) is 22.0 Å². The summed E-state index contributed by atoms with van der Waals surface area (Å²) in [6.45, 7) is 0. The van der Waals surface area contributed by atoms with E-state index in [1.54, 1.807) is 11.3 Å². The minimum absolute atomic E-state index is 0.0865. The molecule has 1 aliphatic rings. The highest BCUT2D eigenvalue weighted by molar-refractivity contribution is 7.13. The molecule has 0 bridgehead atoms. The molecule has 0 unspecified atom stereocenters. The van der Waals surface area contributed by atoms with E-state index in [1.165, 1.54) is 12.8 Å². The van der Waals surface area contributed by atoms with Gasteiger partial charge in [-0.1, -0.05) is 30.3 Å². The van der Waals surface area contributed by atoms with Crippen LogP contribution in [0.25, 0.3) is 22.0 Å². The summed E-state index contributed by atoms with van der Waals surface area (Å²) in [7, 11) is 0. The highest BCUT2D eigenvalue weighted by atomic mass is 32.1. The number of aromatic nitrogens is 4. The Kier molecular flexibility index (Phi) is 4.65. The average molecular weight is 401 g/mol. The van der Waals surface area contributed by atoms with Gasteiger partial charge in [-0.2, -0.15) is 5.10 Å². The van der Waals surface area contributed by atoms with Crippen LogP contribution in [0.5, 0.6) is 0 Å². The van der Waals surface area contributed by atoms with Gasteiger partial charge in [0.25, 0.3) is 0 Å². The van der Waals surface area contributed by atoms with Gasteiger partial charge in [0.15, 0.2) is 5.82 Å². The SMILES string of the molecule is O=C(Cc1csc(-c2ccccc2)n1)Nc1ccc(-c2n[nH]c(C3CC3)n2)cc1. The number of hydrogen-bond donors (Lipinski definition) is 2. The molecule has 5 rings (SSSR count). The van der Waals surface area contributed by atoms with Crippen molar-refractivity contribution in [3.63, 3.8) is 0 Å². The Morgan fingerprint density at radius 2 is 1.83 bits per heavy atom. The molecule has 1 saturated carbocycles. The minimum atomic E-state index is -0.0865. The van der Waals surface area contributed by atoms with Gasteiger partial charge in [-0.3, -0.25) is 9.89 Å². The first kappa shape index (κ1) is 17.8. The van der Waals surface area contributed by atoms with E-state index in [1.807, 2.05) is 60.0 Å². The summed E-state index contributed by atoms with van der Waals surface area (Å²) in [6.07, 6.45) is 2.62. The van der Waals surface area contributed by atoms with Crippen LogP contribution in [0.2, 0.25) is 0 Å². The lowest BCUT2D eigenvalue weighted by Crippen LogP contribution is -2.14.